The molecular formula is C40H77NO4. The number of allylic oxidation sites excluding steroid dienone is 1. The Morgan fingerprint density at radius 3 is 1.91 bits per heavy atom. The summed E-state index contributed by atoms with van der Waals surface area (Å²) >= 11 is 0. The van der Waals surface area contributed by atoms with Crippen molar-refractivity contribution >= 4 is 11.9 Å². The summed E-state index contributed by atoms with van der Waals surface area (Å²) in [7, 11) is 4.07. The molecule has 0 radical (unpaired) electrons. The van der Waals surface area contributed by atoms with E-state index in [-0.39, 0.29) is 41.4 Å². The van der Waals surface area contributed by atoms with Gasteiger partial charge in [-0.25, -0.2) is 0 Å². The number of hydrogen-bond acceptors (Lipinski definition) is 5. The van der Waals surface area contributed by atoms with Gasteiger partial charge >= 0.3 is 11.9 Å². The smallest absolute Gasteiger partial charge is 0.312 e. The first kappa shape index (κ1) is 43.6. The van der Waals surface area contributed by atoms with Crippen LogP contribution >= 0.6 is 0 Å². The van der Waals surface area contributed by atoms with Crippen molar-refractivity contribution < 1.29 is 19.1 Å². The molecule has 0 aliphatic rings. The summed E-state index contributed by atoms with van der Waals surface area (Å²) in [4.78, 5) is 27.7. The zero-order valence-electron chi connectivity index (χ0n) is 32.4. The van der Waals surface area contributed by atoms with Crippen molar-refractivity contribution in [3.8, 4) is 0 Å². The lowest BCUT2D eigenvalue weighted by molar-refractivity contribution is -0.157. The third kappa shape index (κ3) is 20.5. The number of nitrogens with zero attached hydrogens (tertiary/aromatic N) is 1. The maximum absolute atomic E-state index is 13.0. The lowest BCUT2D eigenvalue weighted by atomic mass is 9.70. The van der Waals surface area contributed by atoms with Crippen molar-refractivity contribution in [1.29, 1.82) is 0 Å². The molecule has 0 heterocycles. The van der Waals surface area contributed by atoms with Crippen LogP contribution in [0.25, 0.3) is 0 Å². The summed E-state index contributed by atoms with van der Waals surface area (Å²) in [6.07, 6.45) is 20.1. The summed E-state index contributed by atoms with van der Waals surface area (Å²) in [5, 5.41) is 0. The van der Waals surface area contributed by atoms with Gasteiger partial charge in [0.1, 0.15) is 12.7 Å². The summed E-state index contributed by atoms with van der Waals surface area (Å²) in [6.45, 7) is 25.1. The Kier molecular flexibility index (Phi) is 21.6. The van der Waals surface area contributed by atoms with Crippen LogP contribution in [0.4, 0.5) is 0 Å². The number of esters is 2. The van der Waals surface area contributed by atoms with Crippen LogP contribution in [-0.4, -0.2) is 50.2 Å². The average molecular weight is 636 g/mol. The van der Waals surface area contributed by atoms with E-state index in [0.29, 0.717) is 12.3 Å². The number of carbonyl (C=O) groups excluding carboxylic acids is 2. The Balaban J connectivity index is 5.19. The van der Waals surface area contributed by atoms with Crippen molar-refractivity contribution in [2.24, 2.45) is 34.0 Å². The van der Waals surface area contributed by atoms with Gasteiger partial charge in [-0.2, -0.15) is 0 Å². The second kappa shape index (κ2) is 22.3. The fourth-order valence-corrected chi connectivity index (χ4v) is 6.26. The van der Waals surface area contributed by atoms with Gasteiger partial charge in [-0.15, -0.1) is 0 Å². The molecule has 0 rings (SSSR count). The van der Waals surface area contributed by atoms with Gasteiger partial charge in [0, 0.05) is 11.8 Å². The molecule has 0 N–H and O–H groups in total. The first-order valence-corrected chi connectivity index (χ1v) is 18.5. The molecule has 0 aliphatic heterocycles. The van der Waals surface area contributed by atoms with E-state index in [1.807, 2.05) is 47.9 Å². The average Bonchev–Trinajstić information content (AvgIpc) is 2.92. The molecule has 0 fully saturated rings. The Hall–Kier alpha value is -1.36. The molecule has 5 nitrogen and oxygen atoms in total. The lowest BCUT2D eigenvalue weighted by Gasteiger charge is -2.39. The summed E-state index contributed by atoms with van der Waals surface area (Å²) in [5.74, 6) is 1.40. The minimum Gasteiger partial charge on any atom is -0.462 e. The fraction of sp³-hybridized carbons (Fsp3) is 0.900. The van der Waals surface area contributed by atoms with Crippen LogP contribution in [0.15, 0.2) is 12.2 Å². The largest absolute Gasteiger partial charge is 0.462 e. The Bertz CT molecular complexity index is 826. The maximum Gasteiger partial charge on any atom is 0.312 e. The molecule has 5 heteroatoms. The second-order valence-corrected chi connectivity index (χ2v) is 16.8. The van der Waals surface area contributed by atoms with Crippen molar-refractivity contribution in [3.05, 3.63) is 12.2 Å². The summed E-state index contributed by atoms with van der Waals surface area (Å²) in [5.41, 5.74) is -0.844. The van der Waals surface area contributed by atoms with Gasteiger partial charge in [0.15, 0.2) is 0 Å². The topological polar surface area (TPSA) is 55.8 Å². The highest BCUT2D eigenvalue weighted by molar-refractivity contribution is 5.76. The van der Waals surface area contributed by atoms with E-state index in [0.717, 1.165) is 38.1 Å². The van der Waals surface area contributed by atoms with Gasteiger partial charge in [0.2, 0.25) is 0 Å². The molecule has 3 unspecified atom stereocenters. The molecule has 0 aliphatic carbocycles. The van der Waals surface area contributed by atoms with Gasteiger partial charge < -0.3 is 14.4 Å². The second-order valence-electron chi connectivity index (χ2n) is 16.8. The van der Waals surface area contributed by atoms with Gasteiger partial charge in [0.25, 0.3) is 0 Å². The molecule has 0 aromatic heterocycles. The van der Waals surface area contributed by atoms with Gasteiger partial charge in [-0.05, 0) is 83.3 Å². The van der Waals surface area contributed by atoms with E-state index >= 15 is 0 Å². The molecule has 3 atom stereocenters. The number of hydrogen-bond donors (Lipinski definition) is 0. The van der Waals surface area contributed by atoms with Crippen LogP contribution in [-0.2, 0) is 19.1 Å². The van der Waals surface area contributed by atoms with Crippen LogP contribution < -0.4 is 0 Å². The normalized spacial score (nSPS) is 15.1. The predicted molar refractivity (Wildman–Crippen MR) is 193 cm³/mol. The predicted octanol–water partition coefficient (Wildman–Crippen LogP) is 11.0. The van der Waals surface area contributed by atoms with Crippen LogP contribution in [0.5, 0.6) is 0 Å². The molecule has 0 bridgehead atoms. The molecule has 0 amide bonds. The van der Waals surface area contributed by atoms with Gasteiger partial charge in [-0.1, -0.05) is 132 Å². The molecule has 266 valence electrons. The van der Waals surface area contributed by atoms with Crippen LogP contribution in [0.2, 0.25) is 0 Å². The molecule has 0 aromatic rings. The third-order valence-corrected chi connectivity index (χ3v) is 10.0. The Labute approximate surface area is 281 Å². The lowest BCUT2D eigenvalue weighted by Crippen LogP contribution is -2.37. The van der Waals surface area contributed by atoms with Gasteiger partial charge in [0.05, 0.1) is 5.41 Å². The number of ether oxygens (including phenoxy) is 2. The zero-order valence-corrected chi connectivity index (χ0v) is 32.4. The molecule has 45 heavy (non-hydrogen) atoms. The van der Waals surface area contributed by atoms with E-state index in [9.17, 15) is 9.59 Å². The van der Waals surface area contributed by atoms with E-state index < -0.39 is 5.41 Å². The SMILES string of the molecule is CCCCCCCC(C)CCCC(C)CCC(OC(=O)CCCN(C)C)C(C)(C)CC(C)(C)C=CCOC(=O)C(C)(C)C(C)C. The summed E-state index contributed by atoms with van der Waals surface area (Å²) < 4.78 is 11.9. The zero-order chi connectivity index (χ0) is 34.7. The third-order valence-electron chi connectivity index (χ3n) is 10.0. The van der Waals surface area contributed by atoms with E-state index in [2.05, 4.69) is 59.4 Å². The van der Waals surface area contributed by atoms with E-state index in [1.54, 1.807) is 0 Å². The maximum atomic E-state index is 13.0. The van der Waals surface area contributed by atoms with Crippen LogP contribution in [0.1, 0.15) is 166 Å². The minimum atomic E-state index is -0.502. The van der Waals surface area contributed by atoms with Crippen LogP contribution in [0, 0.1) is 34.0 Å². The minimum absolute atomic E-state index is 0.0802. The van der Waals surface area contributed by atoms with Crippen molar-refractivity contribution in [1.82, 2.24) is 4.90 Å². The molecule has 0 saturated heterocycles. The molecular weight excluding hydrogens is 558 g/mol. The van der Waals surface area contributed by atoms with Crippen molar-refractivity contribution in [3.63, 3.8) is 0 Å². The van der Waals surface area contributed by atoms with Crippen molar-refractivity contribution in [2.75, 3.05) is 27.2 Å². The van der Waals surface area contributed by atoms with E-state index in [4.69, 9.17) is 9.47 Å². The van der Waals surface area contributed by atoms with Crippen molar-refractivity contribution in [2.45, 2.75) is 172 Å². The summed E-state index contributed by atoms with van der Waals surface area (Å²) in [6, 6.07) is 0. The first-order valence-electron chi connectivity index (χ1n) is 18.5. The number of rotatable bonds is 26. The highest BCUT2D eigenvalue weighted by atomic mass is 16.5. The Morgan fingerprint density at radius 1 is 0.756 bits per heavy atom. The standard InChI is InChI=1S/C40H77NO4/c1-14-15-16-17-18-22-33(4)23-19-24-34(5)26-27-35(45-36(42)25-20-29-41(12)13)39(8,9)31-38(6,7)28-21-30-44-37(43)40(10,11)32(2)3/h21,28,32-35H,14-20,22-27,29-31H2,1-13H3. The number of unbranched alkanes of at least 4 members (excludes halogenated alkanes) is 4. The molecule has 0 saturated carbocycles. The highest BCUT2D eigenvalue weighted by Crippen LogP contribution is 2.41. The first-order chi connectivity index (χ1) is 20.8. The quantitative estimate of drug-likeness (QED) is 0.0538. The van der Waals surface area contributed by atoms with Gasteiger partial charge in [-0.3, -0.25) is 9.59 Å². The highest BCUT2D eigenvalue weighted by Gasteiger charge is 2.37. The van der Waals surface area contributed by atoms with E-state index in [1.165, 1.54) is 57.8 Å². The molecule has 0 aromatic carbocycles. The number of carbonyl (C=O) groups is 2. The monoisotopic (exact) mass is 636 g/mol. The molecule has 0 spiro atoms. The van der Waals surface area contributed by atoms with Crippen LogP contribution in [0.3, 0.4) is 0 Å². The Morgan fingerprint density at radius 2 is 1.33 bits per heavy atom. The fourth-order valence-electron chi connectivity index (χ4n) is 6.26.